The number of pyridine rings is 1. The first-order valence-corrected chi connectivity index (χ1v) is 4.82. The Labute approximate surface area is 86.5 Å². The molecular formula is C10H13F3N2. The van der Waals surface area contributed by atoms with Crippen molar-refractivity contribution in [3.05, 3.63) is 23.9 Å². The molecule has 1 aromatic heterocycles. The third kappa shape index (κ3) is 3.77. The van der Waals surface area contributed by atoms with Gasteiger partial charge < -0.3 is 5.32 Å². The van der Waals surface area contributed by atoms with E-state index < -0.39 is 11.9 Å². The first kappa shape index (κ1) is 11.8. The highest BCUT2D eigenvalue weighted by molar-refractivity contribution is 5.35. The maximum atomic E-state index is 12.3. The Bertz CT molecular complexity index is 310. The molecule has 0 aliphatic rings. The zero-order chi connectivity index (χ0) is 11.3. The fraction of sp³-hybridized carbons (Fsp3) is 0.500. The highest BCUT2D eigenvalue weighted by Gasteiger charge is 2.32. The minimum Gasteiger partial charge on any atom is -0.370 e. The van der Waals surface area contributed by atoms with Crippen LogP contribution in [0.1, 0.15) is 25.5 Å². The van der Waals surface area contributed by atoms with E-state index in [-0.39, 0.29) is 5.82 Å². The van der Waals surface area contributed by atoms with Crippen molar-refractivity contribution < 1.29 is 13.2 Å². The van der Waals surface area contributed by atoms with E-state index in [1.807, 2.05) is 6.92 Å². The number of hydrogen-bond acceptors (Lipinski definition) is 2. The van der Waals surface area contributed by atoms with Crippen LogP contribution in [0.25, 0.3) is 0 Å². The highest BCUT2D eigenvalue weighted by atomic mass is 19.4. The fourth-order valence-corrected chi connectivity index (χ4v) is 1.08. The summed E-state index contributed by atoms with van der Waals surface area (Å²) < 4.78 is 36.8. The monoisotopic (exact) mass is 218 g/mol. The van der Waals surface area contributed by atoms with Crippen LogP contribution in [0, 0.1) is 0 Å². The van der Waals surface area contributed by atoms with Gasteiger partial charge >= 0.3 is 6.18 Å². The van der Waals surface area contributed by atoms with Gasteiger partial charge in [-0.15, -0.1) is 0 Å². The molecule has 0 aliphatic heterocycles. The predicted octanol–water partition coefficient (Wildman–Crippen LogP) is 3.31. The Hall–Kier alpha value is -1.26. The maximum absolute atomic E-state index is 12.3. The predicted molar refractivity (Wildman–Crippen MR) is 52.6 cm³/mol. The number of rotatable bonds is 4. The Kier molecular flexibility index (Phi) is 3.94. The molecule has 0 saturated heterocycles. The van der Waals surface area contributed by atoms with Gasteiger partial charge in [0.2, 0.25) is 0 Å². The van der Waals surface area contributed by atoms with Crippen molar-refractivity contribution in [1.82, 2.24) is 4.98 Å². The molecule has 0 unspecified atom stereocenters. The molecule has 0 aromatic carbocycles. The van der Waals surface area contributed by atoms with E-state index >= 15 is 0 Å². The van der Waals surface area contributed by atoms with Crippen molar-refractivity contribution in [2.75, 3.05) is 11.9 Å². The SMILES string of the molecule is CCCCNc1cccc(C(F)(F)F)n1. The molecular weight excluding hydrogens is 205 g/mol. The standard InChI is InChI=1S/C10H13F3N2/c1-2-3-7-14-9-6-4-5-8(15-9)10(11,12)13/h4-6H,2-3,7H2,1H3,(H,14,15). The van der Waals surface area contributed by atoms with Crippen molar-refractivity contribution in [2.24, 2.45) is 0 Å². The summed E-state index contributed by atoms with van der Waals surface area (Å²) in [5, 5.41) is 2.85. The summed E-state index contributed by atoms with van der Waals surface area (Å²) in [5.74, 6) is 0.276. The highest BCUT2D eigenvalue weighted by Crippen LogP contribution is 2.28. The minimum atomic E-state index is -4.37. The van der Waals surface area contributed by atoms with Crippen LogP contribution in [0.3, 0.4) is 0 Å². The minimum absolute atomic E-state index is 0.276. The molecule has 1 aromatic rings. The number of anilines is 1. The van der Waals surface area contributed by atoms with Gasteiger partial charge in [-0.05, 0) is 18.6 Å². The van der Waals surface area contributed by atoms with E-state index in [1.54, 1.807) is 0 Å². The largest absolute Gasteiger partial charge is 0.433 e. The van der Waals surface area contributed by atoms with E-state index in [0.717, 1.165) is 18.9 Å². The van der Waals surface area contributed by atoms with Crippen LogP contribution < -0.4 is 5.32 Å². The van der Waals surface area contributed by atoms with Crippen molar-refractivity contribution in [3.63, 3.8) is 0 Å². The summed E-state index contributed by atoms with van der Waals surface area (Å²) in [4.78, 5) is 3.48. The van der Waals surface area contributed by atoms with Crippen LogP contribution in [0.2, 0.25) is 0 Å². The van der Waals surface area contributed by atoms with E-state index in [9.17, 15) is 13.2 Å². The molecule has 0 radical (unpaired) electrons. The Morgan fingerprint density at radius 2 is 2.07 bits per heavy atom. The molecule has 84 valence electrons. The number of alkyl halides is 3. The van der Waals surface area contributed by atoms with Gasteiger partial charge in [-0.25, -0.2) is 4.98 Å². The van der Waals surface area contributed by atoms with Gasteiger partial charge in [-0.1, -0.05) is 19.4 Å². The first-order valence-electron chi connectivity index (χ1n) is 4.82. The average Bonchev–Trinajstić information content (AvgIpc) is 2.17. The second-order valence-corrected chi connectivity index (χ2v) is 3.19. The summed E-state index contributed by atoms with van der Waals surface area (Å²) in [6.07, 6.45) is -2.47. The smallest absolute Gasteiger partial charge is 0.370 e. The van der Waals surface area contributed by atoms with E-state index in [4.69, 9.17) is 0 Å². The topological polar surface area (TPSA) is 24.9 Å². The second kappa shape index (κ2) is 5.00. The lowest BCUT2D eigenvalue weighted by Crippen LogP contribution is -2.10. The number of nitrogens with zero attached hydrogens (tertiary/aromatic N) is 1. The van der Waals surface area contributed by atoms with E-state index in [1.165, 1.54) is 12.1 Å². The lowest BCUT2D eigenvalue weighted by atomic mass is 10.3. The van der Waals surface area contributed by atoms with Crippen LogP contribution in [0.15, 0.2) is 18.2 Å². The van der Waals surface area contributed by atoms with Crippen LogP contribution in [0.4, 0.5) is 19.0 Å². The lowest BCUT2D eigenvalue weighted by Gasteiger charge is -2.08. The van der Waals surface area contributed by atoms with Crippen molar-refractivity contribution in [2.45, 2.75) is 25.9 Å². The summed E-state index contributed by atoms with van der Waals surface area (Å²) in [6, 6.07) is 3.85. The fourth-order valence-electron chi connectivity index (χ4n) is 1.08. The number of hydrogen-bond donors (Lipinski definition) is 1. The molecule has 0 spiro atoms. The molecule has 15 heavy (non-hydrogen) atoms. The summed E-state index contributed by atoms with van der Waals surface area (Å²) in [7, 11) is 0. The van der Waals surface area contributed by atoms with Crippen molar-refractivity contribution in [3.8, 4) is 0 Å². The van der Waals surface area contributed by atoms with Gasteiger partial charge in [0.25, 0.3) is 0 Å². The molecule has 0 saturated carbocycles. The number of aromatic nitrogens is 1. The quantitative estimate of drug-likeness (QED) is 0.784. The zero-order valence-electron chi connectivity index (χ0n) is 8.43. The summed E-state index contributed by atoms with van der Waals surface area (Å²) >= 11 is 0. The Morgan fingerprint density at radius 1 is 1.33 bits per heavy atom. The number of halogens is 3. The average molecular weight is 218 g/mol. The lowest BCUT2D eigenvalue weighted by molar-refractivity contribution is -0.141. The molecule has 0 aliphatic carbocycles. The molecule has 1 rings (SSSR count). The normalized spacial score (nSPS) is 11.5. The van der Waals surface area contributed by atoms with Crippen molar-refractivity contribution in [1.29, 1.82) is 0 Å². The third-order valence-electron chi connectivity index (χ3n) is 1.88. The number of nitrogens with one attached hydrogen (secondary N) is 1. The molecule has 0 amide bonds. The van der Waals surface area contributed by atoms with Gasteiger partial charge in [-0.3, -0.25) is 0 Å². The molecule has 0 atom stereocenters. The second-order valence-electron chi connectivity index (χ2n) is 3.19. The van der Waals surface area contributed by atoms with Crippen LogP contribution in [0.5, 0.6) is 0 Å². The number of unbranched alkanes of at least 4 members (excludes halogenated alkanes) is 1. The third-order valence-corrected chi connectivity index (χ3v) is 1.88. The molecule has 0 bridgehead atoms. The van der Waals surface area contributed by atoms with Gasteiger partial charge in [0.15, 0.2) is 0 Å². The van der Waals surface area contributed by atoms with Gasteiger partial charge in [0.1, 0.15) is 11.5 Å². The molecule has 0 fully saturated rings. The van der Waals surface area contributed by atoms with E-state index in [2.05, 4.69) is 10.3 Å². The van der Waals surface area contributed by atoms with E-state index in [0.29, 0.717) is 6.54 Å². The molecule has 1 N–H and O–H groups in total. The summed E-state index contributed by atoms with van der Waals surface area (Å²) in [6.45, 7) is 2.66. The van der Waals surface area contributed by atoms with Crippen LogP contribution in [-0.4, -0.2) is 11.5 Å². The first-order chi connectivity index (χ1) is 7.04. The Morgan fingerprint density at radius 3 is 2.67 bits per heavy atom. The van der Waals surface area contributed by atoms with Gasteiger partial charge in [-0.2, -0.15) is 13.2 Å². The molecule has 2 nitrogen and oxygen atoms in total. The van der Waals surface area contributed by atoms with Crippen LogP contribution >= 0.6 is 0 Å². The molecule has 1 heterocycles. The van der Waals surface area contributed by atoms with Crippen molar-refractivity contribution >= 4 is 5.82 Å². The molecule has 5 heteroatoms. The van der Waals surface area contributed by atoms with Gasteiger partial charge in [0, 0.05) is 6.54 Å². The zero-order valence-corrected chi connectivity index (χ0v) is 8.43. The maximum Gasteiger partial charge on any atom is 0.433 e. The van der Waals surface area contributed by atoms with Gasteiger partial charge in [0.05, 0.1) is 0 Å². The Balaban J connectivity index is 2.66. The van der Waals surface area contributed by atoms with Crippen LogP contribution in [-0.2, 0) is 6.18 Å². The summed E-state index contributed by atoms with van der Waals surface area (Å²) in [5.41, 5.74) is -0.857.